The lowest BCUT2D eigenvalue weighted by molar-refractivity contribution is -0.121. The number of morpholine rings is 1. The SMILES string of the molecule is CC1CN(CCNC(=O)Cn2cnc3ccc(F)cc3c2=O)CC(C)O1. The van der Waals surface area contributed by atoms with Gasteiger partial charge in [0.2, 0.25) is 5.91 Å². The Bertz CT molecular complexity index is 844. The third kappa shape index (κ3) is 4.44. The average molecular weight is 362 g/mol. The van der Waals surface area contributed by atoms with Crippen molar-refractivity contribution in [2.45, 2.75) is 32.6 Å². The van der Waals surface area contributed by atoms with Crippen LogP contribution in [0, 0.1) is 5.82 Å². The van der Waals surface area contributed by atoms with Gasteiger partial charge in [-0.05, 0) is 32.0 Å². The van der Waals surface area contributed by atoms with Crippen LogP contribution < -0.4 is 10.9 Å². The van der Waals surface area contributed by atoms with Crippen LogP contribution in [0.2, 0.25) is 0 Å². The van der Waals surface area contributed by atoms with Gasteiger partial charge in [0.25, 0.3) is 5.56 Å². The van der Waals surface area contributed by atoms with Gasteiger partial charge in [-0.15, -0.1) is 0 Å². The van der Waals surface area contributed by atoms with E-state index in [9.17, 15) is 14.0 Å². The van der Waals surface area contributed by atoms with Gasteiger partial charge in [0, 0.05) is 26.2 Å². The number of hydrogen-bond donors (Lipinski definition) is 1. The van der Waals surface area contributed by atoms with Crippen molar-refractivity contribution in [2.24, 2.45) is 0 Å². The first-order valence-corrected chi connectivity index (χ1v) is 8.71. The normalized spacial score (nSPS) is 21.0. The van der Waals surface area contributed by atoms with E-state index in [1.165, 1.54) is 23.0 Å². The molecule has 7 nitrogen and oxygen atoms in total. The maximum absolute atomic E-state index is 13.3. The van der Waals surface area contributed by atoms with Gasteiger partial charge in [0.1, 0.15) is 12.4 Å². The first-order chi connectivity index (χ1) is 12.4. The van der Waals surface area contributed by atoms with E-state index in [4.69, 9.17) is 4.74 Å². The largest absolute Gasteiger partial charge is 0.373 e. The van der Waals surface area contributed by atoms with Crippen LogP contribution in [0.1, 0.15) is 13.8 Å². The van der Waals surface area contributed by atoms with Crippen LogP contribution in [0.5, 0.6) is 0 Å². The van der Waals surface area contributed by atoms with E-state index in [0.717, 1.165) is 25.7 Å². The van der Waals surface area contributed by atoms with Gasteiger partial charge in [-0.25, -0.2) is 9.37 Å². The molecular weight excluding hydrogens is 339 g/mol. The summed E-state index contributed by atoms with van der Waals surface area (Å²) in [6, 6.07) is 3.83. The topological polar surface area (TPSA) is 76.5 Å². The summed E-state index contributed by atoms with van der Waals surface area (Å²) in [4.78, 5) is 30.8. The second kappa shape index (κ2) is 7.92. The van der Waals surface area contributed by atoms with Crippen molar-refractivity contribution in [3.05, 3.63) is 40.7 Å². The fourth-order valence-corrected chi connectivity index (χ4v) is 3.27. The number of carbonyl (C=O) groups excluding carboxylic acids is 1. The molecule has 3 rings (SSSR count). The van der Waals surface area contributed by atoms with Gasteiger partial charge in [0.05, 0.1) is 29.4 Å². The fraction of sp³-hybridized carbons (Fsp3) is 0.500. The number of carbonyl (C=O) groups is 1. The fourth-order valence-electron chi connectivity index (χ4n) is 3.27. The Kier molecular flexibility index (Phi) is 5.63. The van der Waals surface area contributed by atoms with Crippen molar-refractivity contribution in [3.63, 3.8) is 0 Å². The monoisotopic (exact) mass is 362 g/mol. The standard InChI is InChI=1S/C18H23FN4O3/c1-12-8-22(9-13(2)26-12)6-5-20-17(24)10-23-11-21-16-4-3-14(19)7-15(16)18(23)25/h3-4,7,11-13H,5-6,8-10H2,1-2H3,(H,20,24). The summed E-state index contributed by atoms with van der Waals surface area (Å²) in [5.41, 5.74) is -0.0240. The lowest BCUT2D eigenvalue weighted by Gasteiger charge is -2.35. The maximum atomic E-state index is 13.3. The quantitative estimate of drug-likeness (QED) is 0.850. The Balaban J connectivity index is 1.56. The zero-order chi connectivity index (χ0) is 18.7. The van der Waals surface area contributed by atoms with Crippen LogP contribution in [0.4, 0.5) is 4.39 Å². The molecule has 1 N–H and O–H groups in total. The minimum Gasteiger partial charge on any atom is -0.373 e. The van der Waals surface area contributed by atoms with Gasteiger partial charge in [-0.1, -0.05) is 0 Å². The van der Waals surface area contributed by atoms with Gasteiger partial charge in [-0.2, -0.15) is 0 Å². The third-order valence-electron chi connectivity index (χ3n) is 4.35. The highest BCUT2D eigenvalue weighted by atomic mass is 19.1. The van der Waals surface area contributed by atoms with Gasteiger partial charge < -0.3 is 10.1 Å². The highest BCUT2D eigenvalue weighted by Crippen LogP contribution is 2.10. The molecule has 2 aromatic rings. The molecule has 1 saturated heterocycles. The summed E-state index contributed by atoms with van der Waals surface area (Å²) < 4.78 is 20.2. The number of amides is 1. The van der Waals surface area contributed by atoms with Crippen LogP contribution in [0.3, 0.4) is 0 Å². The highest BCUT2D eigenvalue weighted by molar-refractivity contribution is 5.78. The van der Waals surface area contributed by atoms with E-state index in [1.54, 1.807) is 0 Å². The minimum atomic E-state index is -0.507. The number of nitrogens with zero attached hydrogens (tertiary/aromatic N) is 3. The Morgan fingerprint density at radius 1 is 1.35 bits per heavy atom. The zero-order valence-corrected chi connectivity index (χ0v) is 14.9. The molecule has 1 aliphatic heterocycles. The summed E-state index contributed by atoms with van der Waals surface area (Å²) >= 11 is 0. The van der Waals surface area contributed by atoms with Gasteiger partial charge in [-0.3, -0.25) is 19.1 Å². The number of fused-ring (bicyclic) bond motifs is 1. The van der Waals surface area contributed by atoms with Crippen molar-refractivity contribution in [2.75, 3.05) is 26.2 Å². The molecule has 0 spiro atoms. The molecule has 26 heavy (non-hydrogen) atoms. The summed E-state index contributed by atoms with van der Waals surface area (Å²) in [5, 5.41) is 2.98. The number of nitrogens with one attached hydrogen (secondary N) is 1. The molecule has 1 aliphatic rings. The summed E-state index contributed by atoms with van der Waals surface area (Å²) in [7, 11) is 0. The first kappa shape index (κ1) is 18.5. The molecule has 2 atom stereocenters. The molecule has 0 saturated carbocycles. The summed E-state index contributed by atoms with van der Waals surface area (Å²) in [6.07, 6.45) is 1.67. The van der Waals surface area contributed by atoms with E-state index in [-0.39, 0.29) is 30.0 Å². The van der Waals surface area contributed by atoms with Gasteiger partial charge in [0.15, 0.2) is 0 Å². The molecule has 1 aromatic heterocycles. The Hall–Kier alpha value is -2.32. The lowest BCUT2D eigenvalue weighted by atomic mass is 10.2. The molecule has 2 unspecified atom stereocenters. The molecule has 0 bridgehead atoms. The molecule has 8 heteroatoms. The number of benzene rings is 1. The average Bonchev–Trinajstić information content (AvgIpc) is 2.57. The van der Waals surface area contributed by atoms with E-state index in [0.29, 0.717) is 12.1 Å². The Morgan fingerprint density at radius 2 is 2.08 bits per heavy atom. The Morgan fingerprint density at radius 3 is 2.81 bits per heavy atom. The third-order valence-corrected chi connectivity index (χ3v) is 4.35. The smallest absolute Gasteiger partial charge is 0.261 e. The molecule has 0 aliphatic carbocycles. The predicted octanol–water partition coefficient (Wildman–Crippen LogP) is 0.761. The number of rotatable bonds is 5. The van der Waals surface area contributed by atoms with E-state index < -0.39 is 11.4 Å². The van der Waals surface area contributed by atoms with E-state index in [2.05, 4.69) is 15.2 Å². The van der Waals surface area contributed by atoms with Crippen molar-refractivity contribution >= 4 is 16.8 Å². The summed E-state index contributed by atoms with van der Waals surface area (Å²) in [5.74, 6) is -0.786. The van der Waals surface area contributed by atoms with Crippen LogP contribution >= 0.6 is 0 Å². The molecule has 140 valence electrons. The predicted molar refractivity (Wildman–Crippen MR) is 95.4 cm³/mol. The number of aromatic nitrogens is 2. The van der Waals surface area contributed by atoms with Crippen molar-refractivity contribution in [1.82, 2.24) is 19.8 Å². The van der Waals surface area contributed by atoms with E-state index in [1.807, 2.05) is 13.8 Å². The Labute approximate surface area is 150 Å². The van der Waals surface area contributed by atoms with Crippen molar-refractivity contribution in [3.8, 4) is 0 Å². The van der Waals surface area contributed by atoms with Crippen LogP contribution in [0.15, 0.2) is 29.3 Å². The minimum absolute atomic E-state index is 0.145. The number of halogens is 1. The van der Waals surface area contributed by atoms with Crippen LogP contribution in [-0.4, -0.2) is 58.7 Å². The lowest BCUT2D eigenvalue weighted by Crippen LogP contribution is -2.48. The molecule has 0 radical (unpaired) electrons. The summed E-state index contributed by atoms with van der Waals surface area (Å²) in [6.45, 7) is 6.79. The second-order valence-electron chi connectivity index (χ2n) is 6.71. The van der Waals surface area contributed by atoms with Crippen molar-refractivity contribution in [1.29, 1.82) is 0 Å². The van der Waals surface area contributed by atoms with E-state index >= 15 is 0 Å². The molecular formula is C18H23FN4O3. The first-order valence-electron chi connectivity index (χ1n) is 8.71. The van der Waals surface area contributed by atoms with Gasteiger partial charge >= 0.3 is 0 Å². The zero-order valence-electron chi connectivity index (χ0n) is 14.9. The maximum Gasteiger partial charge on any atom is 0.261 e. The number of hydrogen-bond acceptors (Lipinski definition) is 5. The highest BCUT2D eigenvalue weighted by Gasteiger charge is 2.21. The molecule has 2 heterocycles. The number of ether oxygens (including phenoxy) is 1. The van der Waals surface area contributed by atoms with Crippen molar-refractivity contribution < 1.29 is 13.9 Å². The second-order valence-corrected chi connectivity index (χ2v) is 6.71. The molecule has 1 fully saturated rings. The molecule has 1 aromatic carbocycles. The van der Waals surface area contributed by atoms with Crippen LogP contribution in [-0.2, 0) is 16.1 Å². The van der Waals surface area contributed by atoms with Crippen LogP contribution in [0.25, 0.3) is 10.9 Å². The molecule has 1 amide bonds.